The van der Waals surface area contributed by atoms with E-state index in [0.29, 0.717) is 0 Å². The second-order valence-corrected chi connectivity index (χ2v) is 3.59. The van der Waals surface area contributed by atoms with Crippen molar-refractivity contribution in [2.24, 2.45) is 0 Å². The number of benzene rings is 1. The van der Waals surface area contributed by atoms with Crippen molar-refractivity contribution in [1.82, 2.24) is 0 Å². The SMILES string of the molecule is CC(OCC(F)F)C(=O)Nc1ccc(F)cc1N. The van der Waals surface area contributed by atoms with E-state index in [-0.39, 0.29) is 11.4 Å². The van der Waals surface area contributed by atoms with Gasteiger partial charge in [-0.05, 0) is 25.1 Å². The first kappa shape index (κ1) is 14.3. The van der Waals surface area contributed by atoms with Crippen molar-refractivity contribution in [3.63, 3.8) is 0 Å². The van der Waals surface area contributed by atoms with Crippen LogP contribution in [0.15, 0.2) is 18.2 Å². The van der Waals surface area contributed by atoms with Crippen molar-refractivity contribution in [2.75, 3.05) is 17.7 Å². The Kier molecular flexibility index (Phi) is 4.96. The lowest BCUT2D eigenvalue weighted by atomic mass is 10.2. The van der Waals surface area contributed by atoms with Crippen molar-refractivity contribution >= 4 is 17.3 Å². The Bertz CT molecular complexity index is 427. The molecule has 0 bridgehead atoms. The number of ether oxygens (including phenoxy) is 1. The predicted molar refractivity (Wildman–Crippen MR) is 60.9 cm³/mol. The highest BCUT2D eigenvalue weighted by Gasteiger charge is 2.16. The maximum absolute atomic E-state index is 12.8. The molecule has 0 fully saturated rings. The summed E-state index contributed by atoms with van der Waals surface area (Å²) in [6, 6.07) is 3.44. The molecule has 3 N–H and O–H groups in total. The third-order valence-electron chi connectivity index (χ3n) is 2.11. The van der Waals surface area contributed by atoms with Gasteiger partial charge in [-0.2, -0.15) is 0 Å². The third kappa shape index (κ3) is 4.25. The van der Waals surface area contributed by atoms with Crippen LogP contribution >= 0.6 is 0 Å². The highest BCUT2D eigenvalue weighted by Crippen LogP contribution is 2.19. The molecule has 1 amide bonds. The number of hydrogen-bond acceptors (Lipinski definition) is 3. The standard InChI is InChI=1S/C11H13F3N2O2/c1-6(18-5-10(13)14)11(17)16-9-3-2-7(12)4-8(9)15/h2-4,6,10H,5,15H2,1H3,(H,16,17). The number of carbonyl (C=O) groups excluding carboxylic acids is 1. The molecule has 0 saturated carbocycles. The van der Waals surface area contributed by atoms with Gasteiger partial charge in [0.25, 0.3) is 12.3 Å². The van der Waals surface area contributed by atoms with E-state index in [9.17, 15) is 18.0 Å². The Hall–Kier alpha value is -1.76. The number of hydrogen-bond donors (Lipinski definition) is 2. The summed E-state index contributed by atoms with van der Waals surface area (Å²) in [5.74, 6) is -1.17. The van der Waals surface area contributed by atoms with Crippen LogP contribution in [0.25, 0.3) is 0 Å². The molecule has 0 saturated heterocycles. The van der Waals surface area contributed by atoms with Gasteiger partial charge in [0.15, 0.2) is 0 Å². The lowest BCUT2D eigenvalue weighted by Crippen LogP contribution is -2.29. The van der Waals surface area contributed by atoms with E-state index >= 15 is 0 Å². The minimum absolute atomic E-state index is 0.0457. The molecule has 0 radical (unpaired) electrons. The van der Waals surface area contributed by atoms with Crippen LogP contribution in [0, 0.1) is 5.82 Å². The molecule has 4 nitrogen and oxygen atoms in total. The molecule has 0 aromatic heterocycles. The first-order valence-electron chi connectivity index (χ1n) is 5.15. The van der Waals surface area contributed by atoms with E-state index in [1.165, 1.54) is 13.0 Å². The van der Waals surface area contributed by atoms with Crippen LogP contribution in [0.2, 0.25) is 0 Å². The molecule has 1 aromatic rings. The summed E-state index contributed by atoms with van der Waals surface area (Å²) in [5, 5.41) is 2.36. The van der Waals surface area contributed by atoms with Gasteiger partial charge in [0.05, 0.1) is 11.4 Å². The van der Waals surface area contributed by atoms with Gasteiger partial charge in [0.2, 0.25) is 0 Å². The zero-order valence-electron chi connectivity index (χ0n) is 9.62. The minimum Gasteiger partial charge on any atom is -0.397 e. The minimum atomic E-state index is -2.64. The molecular weight excluding hydrogens is 249 g/mol. The quantitative estimate of drug-likeness (QED) is 0.798. The number of amides is 1. The van der Waals surface area contributed by atoms with Gasteiger partial charge < -0.3 is 15.8 Å². The number of nitrogens with one attached hydrogen (secondary N) is 1. The highest BCUT2D eigenvalue weighted by molar-refractivity contribution is 5.96. The summed E-state index contributed by atoms with van der Waals surface area (Å²) in [7, 11) is 0. The molecule has 0 heterocycles. The predicted octanol–water partition coefficient (Wildman–Crippen LogP) is 2.02. The van der Waals surface area contributed by atoms with E-state index in [0.717, 1.165) is 12.1 Å². The van der Waals surface area contributed by atoms with E-state index in [4.69, 9.17) is 5.73 Å². The Morgan fingerprint density at radius 3 is 2.72 bits per heavy atom. The lowest BCUT2D eigenvalue weighted by Gasteiger charge is -2.14. The third-order valence-corrected chi connectivity index (χ3v) is 2.11. The largest absolute Gasteiger partial charge is 0.397 e. The maximum atomic E-state index is 12.8. The summed E-state index contributed by atoms with van der Waals surface area (Å²) in [6.07, 6.45) is -3.69. The Morgan fingerprint density at radius 2 is 2.17 bits per heavy atom. The molecule has 1 unspecified atom stereocenters. The number of rotatable bonds is 5. The average Bonchev–Trinajstić information content (AvgIpc) is 2.29. The number of nitrogen functional groups attached to an aromatic ring is 1. The van der Waals surface area contributed by atoms with Crippen molar-refractivity contribution in [1.29, 1.82) is 0 Å². The van der Waals surface area contributed by atoms with E-state index in [2.05, 4.69) is 10.1 Å². The molecule has 1 aromatic carbocycles. The van der Waals surface area contributed by atoms with Gasteiger partial charge >= 0.3 is 0 Å². The smallest absolute Gasteiger partial charge is 0.261 e. The number of anilines is 2. The van der Waals surface area contributed by atoms with Crippen LogP contribution in [-0.4, -0.2) is 25.0 Å². The normalized spacial score (nSPS) is 12.5. The molecule has 0 aliphatic heterocycles. The second-order valence-electron chi connectivity index (χ2n) is 3.59. The monoisotopic (exact) mass is 262 g/mol. The van der Waals surface area contributed by atoms with Crippen LogP contribution < -0.4 is 11.1 Å². The first-order valence-corrected chi connectivity index (χ1v) is 5.15. The highest BCUT2D eigenvalue weighted by atomic mass is 19.3. The average molecular weight is 262 g/mol. The number of halogens is 3. The fourth-order valence-electron chi connectivity index (χ4n) is 1.17. The molecule has 18 heavy (non-hydrogen) atoms. The van der Waals surface area contributed by atoms with Crippen LogP contribution in [0.4, 0.5) is 24.5 Å². The van der Waals surface area contributed by atoms with Crippen molar-refractivity contribution < 1.29 is 22.7 Å². The second kappa shape index (κ2) is 6.25. The molecule has 7 heteroatoms. The van der Waals surface area contributed by atoms with Gasteiger partial charge in [0, 0.05) is 0 Å². The van der Waals surface area contributed by atoms with Crippen molar-refractivity contribution in [3.05, 3.63) is 24.0 Å². The van der Waals surface area contributed by atoms with E-state index in [1.807, 2.05) is 0 Å². The number of alkyl halides is 2. The topological polar surface area (TPSA) is 64.3 Å². The molecule has 1 rings (SSSR count). The van der Waals surface area contributed by atoms with Crippen LogP contribution in [0.1, 0.15) is 6.92 Å². The van der Waals surface area contributed by atoms with E-state index < -0.39 is 30.9 Å². The molecule has 100 valence electrons. The fourth-order valence-corrected chi connectivity index (χ4v) is 1.17. The fraction of sp³-hybridized carbons (Fsp3) is 0.364. The van der Waals surface area contributed by atoms with Gasteiger partial charge in [0.1, 0.15) is 18.5 Å². The van der Waals surface area contributed by atoms with Gasteiger partial charge in [-0.25, -0.2) is 13.2 Å². The summed E-state index contributed by atoms with van der Waals surface area (Å²) in [6.45, 7) is 0.505. The Balaban J connectivity index is 2.58. The lowest BCUT2D eigenvalue weighted by molar-refractivity contribution is -0.128. The summed E-state index contributed by atoms with van der Waals surface area (Å²) in [5.41, 5.74) is 5.72. The van der Waals surface area contributed by atoms with Gasteiger partial charge in [-0.1, -0.05) is 0 Å². The molecule has 0 aliphatic carbocycles. The molecule has 0 spiro atoms. The summed E-state index contributed by atoms with van der Waals surface area (Å²) >= 11 is 0. The van der Waals surface area contributed by atoms with Crippen molar-refractivity contribution in [2.45, 2.75) is 19.5 Å². The van der Waals surface area contributed by atoms with Crippen LogP contribution in [-0.2, 0) is 9.53 Å². The zero-order valence-corrected chi connectivity index (χ0v) is 9.62. The number of carbonyl (C=O) groups is 1. The molecule has 0 aliphatic rings. The molecular formula is C11H13F3N2O2. The van der Waals surface area contributed by atoms with E-state index in [1.54, 1.807) is 0 Å². The Morgan fingerprint density at radius 1 is 1.50 bits per heavy atom. The summed E-state index contributed by atoms with van der Waals surface area (Å²) in [4.78, 5) is 11.5. The van der Waals surface area contributed by atoms with Gasteiger partial charge in [-0.15, -0.1) is 0 Å². The van der Waals surface area contributed by atoms with Crippen LogP contribution in [0.5, 0.6) is 0 Å². The molecule has 1 atom stereocenters. The first-order chi connectivity index (χ1) is 8.40. The maximum Gasteiger partial charge on any atom is 0.261 e. The van der Waals surface area contributed by atoms with Gasteiger partial charge in [-0.3, -0.25) is 4.79 Å². The number of nitrogens with two attached hydrogens (primary N) is 1. The summed E-state index contributed by atoms with van der Waals surface area (Å²) < 4.78 is 41.1. The van der Waals surface area contributed by atoms with Crippen molar-refractivity contribution in [3.8, 4) is 0 Å². The zero-order chi connectivity index (χ0) is 13.7. The van der Waals surface area contributed by atoms with Crippen LogP contribution in [0.3, 0.4) is 0 Å². The Labute approximate surface area is 102 Å².